The lowest BCUT2D eigenvalue weighted by molar-refractivity contribution is -0.0433. The van der Waals surface area contributed by atoms with E-state index in [1.807, 2.05) is 0 Å². The maximum absolute atomic E-state index is 11.9. The Bertz CT molecular complexity index is 538. The van der Waals surface area contributed by atoms with Gasteiger partial charge in [-0.05, 0) is 25.7 Å². The molecule has 6 heteroatoms. The van der Waals surface area contributed by atoms with Crippen molar-refractivity contribution in [2.24, 2.45) is 0 Å². The largest absolute Gasteiger partial charge is 0.370 e. The van der Waals surface area contributed by atoms with E-state index >= 15 is 0 Å². The third-order valence-corrected chi connectivity index (χ3v) is 4.92. The zero-order chi connectivity index (χ0) is 13.5. The van der Waals surface area contributed by atoms with Gasteiger partial charge in [0.15, 0.2) is 0 Å². The van der Waals surface area contributed by atoms with E-state index in [-0.39, 0.29) is 27.3 Å². The minimum absolute atomic E-state index is 0.0326. The molecule has 3 rings (SSSR count). The summed E-state index contributed by atoms with van der Waals surface area (Å²) in [6.07, 6.45) is 8.32. The second kappa shape index (κ2) is 5.08. The Morgan fingerprint density at radius 1 is 1.37 bits per heavy atom. The Balaban J connectivity index is 1.73. The van der Waals surface area contributed by atoms with Crippen LogP contribution in [0.5, 0.6) is 0 Å². The molecule has 1 unspecified atom stereocenters. The average Bonchev–Trinajstić information content (AvgIpc) is 3.01. The fraction of sp³-hybridized carbons (Fsp3) is 0.692. The van der Waals surface area contributed by atoms with E-state index in [1.54, 1.807) is 0 Å². The van der Waals surface area contributed by atoms with Gasteiger partial charge in [-0.1, -0.05) is 36.0 Å². The number of hydrogen-bond donors (Lipinski definition) is 0. The van der Waals surface area contributed by atoms with Crippen LogP contribution in [0.3, 0.4) is 0 Å². The van der Waals surface area contributed by atoms with Gasteiger partial charge >= 0.3 is 0 Å². The molecular formula is C13H16Cl2N2O2. The predicted octanol–water partition coefficient (Wildman–Crippen LogP) is 3.04. The quantitative estimate of drug-likeness (QED) is 0.843. The lowest BCUT2D eigenvalue weighted by Gasteiger charge is -2.23. The Morgan fingerprint density at radius 3 is 2.84 bits per heavy atom. The van der Waals surface area contributed by atoms with Crippen LogP contribution in [0.2, 0.25) is 10.0 Å². The van der Waals surface area contributed by atoms with Crippen LogP contribution in [0.4, 0.5) is 0 Å². The summed E-state index contributed by atoms with van der Waals surface area (Å²) in [5.74, 6) is 0. The number of ether oxygens (including phenoxy) is 1. The van der Waals surface area contributed by atoms with Crippen LogP contribution < -0.4 is 5.56 Å². The fourth-order valence-corrected chi connectivity index (χ4v) is 3.45. The molecule has 0 bridgehead atoms. The van der Waals surface area contributed by atoms with Crippen molar-refractivity contribution in [2.45, 2.75) is 56.8 Å². The van der Waals surface area contributed by atoms with Crippen molar-refractivity contribution in [1.29, 1.82) is 0 Å². The van der Waals surface area contributed by atoms with Crippen LogP contribution in [-0.4, -0.2) is 21.5 Å². The second-order valence-corrected chi connectivity index (χ2v) is 6.25. The molecule has 1 spiro atoms. The first-order valence-corrected chi connectivity index (χ1v) is 7.44. The van der Waals surface area contributed by atoms with Gasteiger partial charge in [-0.3, -0.25) is 4.79 Å². The topological polar surface area (TPSA) is 44.1 Å². The summed E-state index contributed by atoms with van der Waals surface area (Å²) in [7, 11) is 0. The molecular weight excluding hydrogens is 287 g/mol. The van der Waals surface area contributed by atoms with E-state index < -0.39 is 0 Å². The van der Waals surface area contributed by atoms with Gasteiger partial charge in [0.25, 0.3) is 5.56 Å². The Hall–Kier alpha value is -0.580. The summed E-state index contributed by atoms with van der Waals surface area (Å²) < 4.78 is 7.52. The van der Waals surface area contributed by atoms with E-state index in [1.165, 1.54) is 23.7 Å². The van der Waals surface area contributed by atoms with Crippen LogP contribution in [-0.2, 0) is 11.3 Å². The van der Waals surface area contributed by atoms with Gasteiger partial charge < -0.3 is 4.74 Å². The maximum atomic E-state index is 11.9. The smallest absolute Gasteiger partial charge is 0.287 e. The first kappa shape index (κ1) is 13.4. The van der Waals surface area contributed by atoms with Gasteiger partial charge in [0.2, 0.25) is 0 Å². The zero-order valence-corrected chi connectivity index (χ0v) is 12.1. The highest BCUT2D eigenvalue weighted by molar-refractivity contribution is 6.41. The molecule has 1 aromatic rings. The number of aromatic nitrogens is 2. The molecule has 1 atom stereocenters. The van der Waals surface area contributed by atoms with Crippen LogP contribution in [0.15, 0.2) is 11.0 Å². The highest BCUT2D eigenvalue weighted by Crippen LogP contribution is 2.43. The predicted molar refractivity (Wildman–Crippen MR) is 73.8 cm³/mol. The third-order valence-electron chi connectivity index (χ3n) is 4.17. The summed E-state index contributed by atoms with van der Waals surface area (Å²) in [4.78, 5) is 11.9. The molecule has 2 fully saturated rings. The first-order chi connectivity index (χ1) is 9.10. The summed E-state index contributed by atoms with van der Waals surface area (Å²) in [5.41, 5.74) is -0.269. The van der Waals surface area contributed by atoms with Gasteiger partial charge in [-0.15, -0.1) is 0 Å². The molecule has 1 aliphatic heterocycles. The molecule has 0 N–H and O–H groups in total. The zero-order valence-electron chi connectivity index (χ0n) is 10.6. The van der Waals surface area contributed by atoms with Crippen molar-refractivity contribution in [3.05, 3.63) is 26.6 Å². The van der Waals surface area contributed by atoms with E-state index in [9.17, 15) is 4.79 Å². The van der Waals surface area contributed by atoms with Crippen molar-refractivity contribution in [2.75, 3.05) is 0 Å². The van der Waals surface area contributed by atoms with E-state index in [2.05, 4.69) is 5.10 Å². The second-order valence-electron chi connectivity index (χ2n) is 5.46. The summed E-state index contributed by atoms with van der Waals surface area (Å²) in [5, 5.41) is 4.25. The number of hydrogen-bond acceptors (Lipinski definition) is 3. The van der Waals surface area contributed by atoms with Crippen molar-refractivity contribution >= 4 is 23.2 Å². The fourth-order valence-electron chi connectivity index (χ4n) is 3.18. The normalized spacial score (nSPS) is 25.3. The third kappa shape index (κ3) is 2.54. The Labute approximate surface area is 121 Å². The van der Waals surface area contributed by atoms with Crippen LogP contribution in [0.25, 0.3) is 0 Å². The lowest BCUT2D eigenvalue weighted by Crippen LogP contribution is -2.31. The number of nitrogens with zero attached hydrogens (tertiary/aromatic N) is 2. The highest BCUT2D eigenvalue weighted by atomic mass is 35.5. The molecule has 0 aromatic carbocycles. The van der Waals surface area contributed by atoms with Gasteiger partial charge in [0.05, 0.1) is 29.5 Å². The molecule has 2 heterocycles. The molecule has 1 aromatic heterocycles. The van der Waals surface area contributed by atoms with Crippen LogP contribution in [0, 0.1) is 0 Å². The van der Waals surface area contributed by atoms with E-state index in [4.69, 9.17) is 27.9 Å². The standard InChI is InChI=1S/C13H16Cl2N2O2/c14-10-7-16-17(12(18)11(10)15)8-9-3-6-13(19-9)4-1-2-5-13/h7,9H,1-6,8H2. The molecule has 0 amide bonds. The summed E-state index contributed by atoms with van der Waals surface area (Å²) in [6, 6.07) is 0. The summed E-state index contributed by atoms with van der Waals surface area (Å²) >= 11 is 11.6. The molecule has 19 heavy (non-hydrogen) atoms. The van der Waals surface area contributed by atoms with Crippen molar-refractivity contribution in [1.82, 2.24) is 9.78 Å². The molecule has 1 saturated carbocycles. The molecule has 4 nitrogen and oxygen atoms in total. The minimum Gasteiger partial charge on any atom is -0.370 e. The molecule has 0 radical (unpaired) electrons. The van der Waals surface area contributed by atoms with Crippen molar-refractivity contribution < 1.29 is 4.74 Å². The Morgan fingerprint density at radius 2 is 2.11 bits per heavy atom. The Kier molecular flexibility index (Phi) is 3.58. The number of rotatable bonds is 2. The van der Waals surface area contributed by atoms with Gasteiger partial charge in [0.1, 0.15) is 5.02 Å². The molecule has 1 aliphatic carbocycles. The lowest BCUT2D eigenvalue weighted by atomic mass is 9.98. The van der Waals surface area contributed by atoms with Gasteiger partial charge in [0, 0.05) is 0 Å². The van der Waals surface area contributed by atoms with Gasteiger partial charge in [-0.2, -0.15) is 5.10 Å². The molecule has 104 valence electrons. The van der Waals surface area contributed by atoms with E-state index in [0.717, 1.165) is 25.7 Å². The van der Waals surface area contributed by atoms with Crippen molar-refractivity contribution in [3.63, 3.8) is 0 Å². The van der Waals surface area contributed by atoms with Crippen LogP contribution >= 0.6 is 23.2 Å². The SMILES string of the molecule is O=c1c(Cl)c(Cl)cnn1CC1CCC2(CCCC2)O1. The van der Waals surface area contributed by atoms with Gasteiger partial charge in [-0.25, -0.2) is 4.68 Å². The first-order valence-electron chi connectivity index (χ1n) is 6.69. The van der Waals surface area contributed by atoms with Crippen LogP contribution in [0.1, 0.15) is 38.5 Å². The highest BCUT2D eigenvalue weighted by Gasteiger charge is 2.42. The van der Waals surface area contributed by atoms with Crippen molar-refractivity contribution in [3.8, 4) is 0 Å². The molecule has 1 saturated heterocycles. The molecule has 2 aliphatic rings. The number of halogens is 2. The average molecular weight is 303 g/mol. The summed E-state index contributed by atoms with van der Waals surface area (Å²) in [6.45, 7) is 0.456. The minimum atomic E-state index is -0.342. The van der Waals surface area contributed by atoms with E-state index in [0.29, 0.717) is 6.54 Å². The maximum Gasteiger partial charge on any atom is 0.287 e. The monoisotopic (exact) mass is 302 g/mol.